The van der Waals surface area contributed by atoms with Crippen LogP contribution in [0.1, 0.15) is 53.3 Å². The summed E-state index contributed by atoms with van der Waals surface area (Å²) in [5.74, 6) is -2.05. The van der Waals surface area contributed by atoms with Gasteiger partial charge >= 0.3 is 0 Å². The van der Waals surface area contributed by atoms with E-state index >= 15 is 0 Å². The van der Waals surface area contributed by atoms with Crippen LogP contribution in [0.2, 0.25) is 5.02 Å². The fourth-order valence-electron chi connectivity index (χ4n) is 5.04. The van der Waals surface area contributed by atoms with Crippen molar-refractivity contribution in [3.05, 3.63) is 82.1 Å². The van der Waals surface area contributed by atoms with Crippen molar-refractivity contribution in [2.24, 2.45) is 5.73 Å². The molecule has 4 N–H and O–H groups in total. The second kappa shape index (κ2) is 12.4. The molecule has 13 heteroatoms. The summed E-state index contributed by atoms with van der Waals surface area (Å²) in [6, 6.07) is 10.7. The molecule has 42 heavy (non-hydrogen) atoms. The third-order valence-electron chi connectivity index (χ3n) is 6.93. The molecule has 1 fully saturated rings. The molecule has 1 heterocycles. The van der Waals surface area contributed by atoms with E-state index in [9.17, 15) is 27.2 Å². The number of rotatable bonds is 9. The van der Waals surface area contributed by atoms with Crippen molar-refractivity contribution in [1.29, 1.82) is 0 Å². The summed E-state index contributed by atoms with van der Waals surface area (Å²) in [6.07, 6.45) is 2.08. The van der Waals surface area contributed by atoms with E-state index in [1.54, 1.807) is 12.1 Å². The summed E-state index contributed by atoms with van der Waals surface area (Å²) in [5, 5.41) is 5.86. The normalized spacial score (nSPS) is 15.6. The molecule has 0 aromatic heterocycles. The van der Waals surface area contributed by atoms with E-state index in [1.165, 1.54) is 55.3 Å². The van der Waals surface area contributed by atoms with Gasteiger partial charge in [-0.3, -0.25) is 14.4 Å². The number of ether oxygens (including phenoxy) is 1. The summed E-state index contributed by atoms with van der Waals surface area (Å²) >= 11 is 6.22. The number of benzene rings is 3. The molecular formula is C29H30ClFN4O6S. The number of carbonyl (C=O) groups excluding carboxylic acids is 3. The molecule has 0 bridgehead atoms. The van der Waals surface area contributed by atoms with Crippen molar-refractivity contribution in [2.45, 2.75) is 36.7 Å². The minimum Gasteiger partial charge on any atom is -0.495 e. The Labute approximate surface area is 247 Å². The largest absolute Gasteiger partial charge is 0.495 e. The maximum absolute atomic E-state index is 14.9. The van der Waals surface area contributed by atoms with Crippen molar-refractivity contribution in [3.8, 4) is 5.75 Å². The number of halogens is 2. The first-order chi connectivity index (χ1) is 19.8. The second-order valence-electron chi connectivity index (χ2n) is 9.93. The van der Waals surface area contributed by atoms with Gasteiger partial charge in [-0.05, 0) is 72.5 Å². The zero-order valence-electron chi connectivity index (χ0n) is 23.1. The van der Waals surface area contributed by atoms with Crippen molar-refractivity contribution in [1.82, 2.24) is 4.90 Å². The number of nitrogens with one attached hydrogen (secondary N) is 2. The van der Waals surface area contributed by atoms with Crippen LogP contribution in [0.5, 0.6) is 5.75 Å². The number of carbonyl (C=O) groups is 3. The molecule has 0 saturated carbocycles. The summed E-state index contributed by atoms with van der Waals surface area (Å²) in [5.41, 5.74) is 6.40. The highest BCUT2D eigenvalue weighted by atomic mass is 35.5. The maximum atomic E-state index is 14.9. The number of hydrogen-bond donors (Lipinski definition) is 3. The number of nitrogens with two attached hydrogens (primary N) is 1. The topological polar surface area (TPSA) is 148 Å². The standard InChI is InChI=1S/C29H30ClFN4O6S/c1-16(36)33-19-8-11-26(42(3,39)40)20(15-19)24-5-4-12-35(24)29(38)27(17-6-9-21(30)25(14-17)41-2)34-23-13-18(28(32)37)7-10-22(23)31/h6-11,13-15,24,27,34H,4-5,12H2,1-3H3,(H2,32,37)(H,33,36)/t24-,27+/m1/s1. The molecule has 3 amide bonds. The summed E-state index contributed by atoms with van der Waals surface area (Å²) in [4.78, 5) is 39.4. The van der Waals surface area contributed by atoms with Crippen LogP contribution in [0.3, 0.4) is 0 Å². The van der Waals surface area contributed by atoms with Crippen LogP contribution in [0.4, 0.5) is 15.8 Å². The minimum atomic E-state index is -3.71. The van der Waals surface area contributed by atoms with Crippen molar-refractivity contribution in [2.75, 3.05) is 30.5 Å². The number of hydrogen-bond acceptors (Lipinski definition) is 7. The van der Waals surface area contributed by atoms with Crippen LogP contribution >= 0.6 is 11.6 Å². The van der Waals surface area contributed by atoms with E-state index in [0.29, 0.717) is 34.7 Å². The average Bonchev–Trinajstić information content (AvgIpc) is 3.41. The Morgan fingerprint density at radius 1 is 1.12 bits per heavy atom. The van der Waals surface area contributed by atoms with Crippen LogP contribution in [-0.4, -0.2) is 50.9 Å². The first-order valence-corrected chi connectivity index (χ1v) is 15.2. The summed E-state index contributed by atoms with van der Waals surface area (Å²) in [6.45, 7) is 1.61. The van der Waals surface area contributed by atoms with E-state index < -0.39 is 39.6 Å². The average molecular weight is 617 g/mol. The van der Waals surface area contributed by atoms with Crippen LogP contribution in [0, 0.1) is 5.82 Å². The van der Waals surface area contributed by atoms with Gasteiger partial charge in [-0.25, -0.2) is 12.8 Å². The minimum absolute atomic E-state index is 0.0270. The number of methoxy groups -OCH3 is 1. The van der Waals surface area contributed by atoms with Gasteiger partial charge in [0.25, 0.3) is 0 Å². The zero-order valence-corrected chi connectivity index (χ0v) is 24.7. The SMILES string of the molecule is COc1cc([C@H](Nc2cc(C(N)=O)ccc2F)C(=O)N2CCC[C@@H]2c2cc(NC(C)=O)ccc2S(C)(=O)=O)ccc1Cl. The van der Waals surface area contributed by atoms with Crippen LogP contribution in [-0.2, 0) is 19.4 Å². The van der Waals surface area contributed by atoms with E-state index in [0.717, 1.165) is 12.3 Å². The fourth-order valence-corrected chi connectivity index (χ4v) is 6.17. The predicted octanol–water partition coefficient (Wildman–Crippen LogP) is 4.47. The van der Waals surface area contributed by atoms with Crippen molar-refractivity contribution < 1.29 is 31.9 Å². The molecule has 1 saturated heterocycles. The Morgan fingerprint density at radius 3 is 2.50 bits per heavy atom. The van der Waals surface area contributed by atoms with Gasteiger partial charge in [0.1, 0.15) is 17.6 Å². The molecule has 0 aliphatic carbocycles. The monoisotopic (exact) mass is 616 g/mol. The third kappa shape index (κ3) is 6.66. The van der Waals surface area contributed by atoms with Gasteiger partial charge in [0, 0.05) is 31.0 Å². The molecule has 222 valence electrons. The molecule has 0 radical (unpaired) electrons. The van der Waals surface area contributed by atoms with E-state index in [2.05, 4.69) is 10.6 Å². The molecule has 1 aliphatic heterocycles. The summed E-state index contributed by atoms with van der Waals surface area (Å²) < 4.78 is 45.7. The van der Waals surface area contributed by atoms with Gasteiger partial charge in [0.05, 0.1) is 28.8 Å². The Hall–Kier alpha value is -4.16. The highest BCUT2D eigenvalue weighted by Crippen LogP contribution is 2.40. The molecule has 0 spiro atoms. The third-order valence-corrected chi connectivity index (χ3v) is 8.41. The highest BCUT2D eigenvalue weighted by Gasteiger charge is 2.37. The Morgan fingerprint density at radius 2 is 1.86 bits per heavy atom. The number of anilines is 2. The molecular weight excluding hydrogens is 587 g/mol. The molecule has 1 aliphatic rings. The first-order valence-electron chi connectivity index (χ1n) is 12.9. The van der Waals surface area contributed by atoms with Gasteiger partial charge in [-0.15, -0.1) is 0 Å². The van der Waals surface area contributed by atoms with E-state index in [-0.39, 0.29) is 34.3 Å². The molecule has 2 atom stereocenters. The number of sulfone groups is 1. The Kier molecular flexibility index (Phi) is 9.07. The van der Waals surface area contributed by atoms with Gasteiger partial charge in [0.15, 0.2) is 9.84 Å². The van der Waals surface area contributed by atoms with Gasteiger partial charge < -0.3 is 26.0 Å². The molecule has 10 nitrogen and oxygen atoms in total. The number of likely N-dealkylation sites (tertiary alicyclic amines) is 1. The number of nitrogens with zero attached hydrogens (tertiary/aromatic N) is 1. The second-order valence-corrected chi connectivity index (χ2v) is 12.3. The van der Waals surface area contributed by atoms with Crippen LogP contribution < -0.4 is 21.1 Å². The van der Waals surface area contributed by atoms with Gasteiger partial charge in [-0.1, -0.05) is 17.7 Å². The van der Waals surface area contributed by atoms with Crippen molar-refractivity contribution in [3.63, 3.8) is 0 Å². The molecule has 0 unspecified atom stereocenters. The number of primary amides is 1. The smallest absolute Gasteiger partial charge is 0.250 e. The molecule has 4 rings (SSSR count). The Balaban J connectivity index is 1.82. The van der Waals surface area contributed by atoms with Gasteiger partial charge in [0.2, 0.25) is 17.7 Å². The van der Waals surface area contributed by atoms with Crippen LogP contribution in [0.25, 0.3) is 0 Å². The van der Waals surface area contributed by atoms with Crippen molar-refractivity contribution >= 4 is 50.5 Å². The quantitative estimate of drug-likeness (QED) is 0.321. The lowest BCUT2D eigenvalue weighted by Gasteiger charge is -2.31. The summed E-state index contributed by atoms with van der Waals surface area (Å²) in [7, 11) is -2.30. The lowest BCUT2D eigenvalue weighted by molar-refractivity contribution is -0.133. The first kappa shape index (κ1) is 30.8. The Bertz CT molecular complexity index is 1670. The van der Waals surface area contributed by atoms with E-state index in [1.807, 2.05) is 0 Å². The fraction of sp³-hybridized carbons (Fsp3) is 0.276. The van der Waals surface area contributed by atoms with Crippen LogP contribution in [0.15, 0.2) is 59.5 Å². The lowest BCUT2D eigenvalue weighted by Crippen LogP contribution is -2.38. The van der Waals surface area contributed by atoms with Gasteiger partial charge in [-0.2, -0.15) is 0 Å². The van der Waals surface area contributed by atoms with E-state index in [4.69, 9.17) is 22.1 Å². The lowest BCUT2D eigenvalue weighted by atomic mass is 10.0. The maximum Gasteiger partial charge on any atom is 0.250 e. The predicted molar refractivity (Wildman–Crippen MR) is 157 cm³/mol. The molecule has 3 aromatic rings. The zero-order chi connectivity index (χ0) is 30.8. The highest BCUT2D eigenvalue weighted by molar-refractivity contribution is 7.90. The number of amides is 3. The molecule has 3 aromatic carbocycles.